The summed E-state index contributed by atoms with van der Waals surface area (Å²) >= 11 is 1.89. The first kappa shape index (κ1) is 11.0. The third-order valence-electron chi connectivity index (χ3n) is 2.67. The van der Waals surface area contributed by atoms with E-state index in [9.17, 15) is 0 Å². The monoisotopic (exact) mass is 223 g/mol. The zero-order valence-corrected chi connectivity index (χ0v) is 9.87. The Balaban J connectivity index is 1.93. The first-order valence-corrected chi connectivity index (χ1v) is 6.64. The van der Waals surface area contributed by atoms with Crippen LogP contribution in [0.15, 0.2) is 30.3 Å². The van der Waals surface area contributed by atoms with Crippen LogP contribution in [-0.2, 0) is 11.3 Å². The minimum atomic E-state index is 0.584. The van der Waals surface area contributed by atoms with Gasteiger partial charge in [-0.2, -0.15) is 11.8 Å². The number of nitrogens with zero attached hydrogens (tertiary/aromatic N) is 1. The van der Waals surface area contributed by atoms with Crippen LogP contribution >= 0.6 is 11.8 Å². The summed E-state index contributed by atoms with van der Waals surface area (Å²) in [7, 11) is 0. The third-order valence-corrected chi connectivity index (χ3v) is 3.39. The molecule has 1 aliphatic heterocycles. The molecule has 0 saturated carbocycles. The summed E-state index contributed by atoms with van der Waals surface area (Å²) in [4.78, 5) is 2.41. The maximum atomic E-state index is 5.51. The molecular weight excluding hydrogens is 206 g/mol. The molecule has 0 aromatic heterocycles. The van der Waals surface area contributed by atoms with Crippen molar-refractivity contribution < 1.29 is 4.74 Å². The lowest BCUT2D eigenvalue weighted by Crippen LogP contribution is -2.32. The van der Waals surface area contributed by atoms with Gasteiger partial charge in [0.2, 0.25) is 0 Å². The summed E-state index contributed by atoms with van der Waals surface area (Å²) in [5, 5.41) is 0. The van der Waals surface area contributed by atoms with Crippen molar-refractivity contribution in [1.82, 2.24) is 4.90 Å². The van der Waals surface area contributed by atoms with Crippen molar-refractivity contribution in [3.8, 4) is 0 Å². The van der Waals surface area contributed by atoms with Crippen molar-refractivity contribution in [3.05, 3.63) is 35.9 Å². The molecule has 1 atom stereocenters. The fourth-order valence-corrected chi connectivity index (χ4v) is 2.55. The normalized spacial score (nSPS) is 22.1. The van der Waals surface area contributed by atoms with Gasteiger partial charge in [-0.05, 0) is 11.8 Å². The Hall–Kier alpha value is -0.510. The van der Waals surface area contributed by atoms with Crippen LogP contribution in [0.3, 0.4) is 0 Å². The van der Waals surface area contributed by atoms with Gasteiger partial charge in [-0.25, -0.2) is 0 Å². The highest BCUT2D eigenvalue weighted by Gasteiger charge is 2.24. The lowest BCUT2D eigenvalue weighted by atomic mass is 10.2. The molecule has 1 heterocycles. The van der Waals surface area contributed by atoms with Gasteiger partial charge in [0.25, 0.3) is 0 Å². The molecule has 1 aromatic carbocycles. The van der Waals surface area contributed by atoms with Gasteiger partial charge in [-0.3, -0.25) is 4.90 Å². The van der Waals surface area contributed by atoms with Crippen molar-refractivity contribution in [2.45, 2.75) is 12.6 Å². The van der Waals surface area contributed by atoms with Crippen LogP contribution in [-0.4, -0.2) is 36.3 Å². The first-order chi connectivity index (χ1) is 7.40. The molecule has 0 amide bonds. The fraction of sp³-hybridized carbons (Fsp3) is 0.500. The van der Waals surface area contributed by atoms with Gasteiger partial charge in [0.05, 0.1) is 13.3 Å². The van der Waals surface area contributed by atoms with E-state index < -0.39 is 0 Å². The van der Waals surface area contributed by atoms with E-state index in [2.05, 4.69) is 41.5 Å². The topological polar surface area (TPSA) is 12.5 Å². The molecule has 0 bridgehead atoms. The summed E-state index contributed by atoms with van der Waals surface area (Å²) < 4.78 is 5.51. The molecule has 1 fully saturated rings. The van der Waals surface area contributed by atoms with Crippen LogP contribution in [0.2, 0.25) is 0 Å². The third kappa shape index (κ3) is 2.97. The minimum absolute atomic E-state index is 0.584. The highest BCUT2D eigenvalue weighted by molar-refractivity contribution is 7.98. The molecule has 82 valence electrons. The molecule has 0 spiro atoms. The molecule has 2 nitrogen and oxygen atoms in total. The number of thioether (sulfide) groups is 1. The van der Waals surface area contributed by atoms with Gasteiger partial charge in [0, 0.05) is 18.3 Å². The number of hydrogen-bond donors (Lipinski definition) is 0. The Morgan fingerprint density at radius 1 is 1.40 bits per heavy atom. The summed E-state index contributed by atoms with van der Waals surface area (Å²) in [6.07, 6.45) is 2.15. The van der Waals surface area contributed by atoms with E-state index >= 15 is 0 Å². The zero-order valence-electron chi connectivity index (χ0n) is 9.06. The van der Waals surface area contributed by atoms with Crippen molar-refractivity contribution in [1.29, 1.82) is 0 Å². The SMILES string of the molecule is CSC[C@@H]1COCN1Cc1ccccc1. The number of benzene rings is 1. The maximum Gasteiger partial charge on any atom is 0.0997 e. The molecule has 1 aromatic rings. The predicted octanol–water partition coefficient (Wildman–Crippen LogP) is 2.21. The summed E-state index contributed by atoms with van der Waals surface area (Å²) in [5.74, 6) is 1.16. The largest absolute Gasteiger partial charge is 0.364 e. The second kappa shape index (κ2) is 5.54. The van der Waals surface area contributed by atoms with E-state index in [1.807, 2.05) is 11.8 Å². The van der Waals surface area contributed by atoms with Gasteiger partial charge in [0.15, 0.2) is 0 Å². The fourth-order valence-electron chi connectivity index (χ4n) is 1.86. The molecule has 0 radical (unpaired) electrons. The van der Waals surface area contributed by atoms with Crippen LogP contribution in [0.4, 0.5) is 0 Å². The molecule has 0 aliphatic carbocycles. The van der Waals surface area contributed by atoms with E-state index in [-0.39, 0.29) is 0 Å². The second-order valence-electron chi connectivity index (χ2n) is 3.84. The molecule has 15 heavy (non-hydrogen) atoms. The first-order valence-electron chi connectivity index (χ1n) is 5.25. The number of ether oxygens (including phenoxy) is 1. The lowest BCUT2D eigenvalue weighted by molar-refractivity contribution is 0.135. The predicted molar refractivity (Wildman–Crippen MR) is 65.0 cm³/mol. The number of rotatable bonds is 4. The van der Waals surface area contributed by atoms with Crippen molar-refractivity contribution >= 4 is 11.8 Å². The van der Waals surface area contributed by atoms with Gasteiger partial charge in [-0.1, -0.05) is 30.3 Å². The van der Waals surface area contributed by atoms with E-state index in [4.69, 9.17) is 4.74 Å². The Morgan fingerprint density at radius 2 is 2.20 bits per heavy atom. The molecule has 0 N–H and O–H groups in total. The summed E-state index contributed by atoms with van der Waals surface area (Å²) in [6.45, 7) is 2.67. The highest BCUT2D eigenvalue weighted by Crippen LogP contribution is 2.16. The van der Waals surface area contributed by atoms with Crippen molar-refractivity contribution in [3.63, 3.8) is 0 Å². The molecule has 1 aliphatic rings. The van der Waals surface area contributed by atoms with E-state index in [1.54, 1.807) is 0 Å². The average molecular weight is 223 g/mol. The van der Waals surface area contributed by atoms with Gasteiger partial charge >= 0.3 is 0 Å². The molecule has 0 unspecified atom stereocenters. The van der Waals surface area contributed by atoms with Crippen molar-refractivity contribution in [2.24, 2.45) is 0 Å². The van der Waals surface area contributed by atoms with Crippen LogP contribution < -0.4 is 0 Å². The van der Waals surface area contributed by atoms with Gasteiger partial charge < -0.3 is 4.74 Å². The van der Waals surface area contributed by atoms with E-state index in [0.717, 1.165) is 25.6 Å². The zero-order chi connectivity index (χ0) is 10.5. The Bertz CT molecular complexity index is 291. The highest BCUT2D eigenvalue weighted by atomic mass is 32.2. The summed E-state index contributed by atoms with van der Waals surface area (Å²) in [5.41, 5.74) is 1.37. The Labute approximate surface area is 95.6 Å². The number of hydrogen-bond acceptors (Lipinski definition) is 3. The lowest BCUT2D eigenvalue weighted by Gasteiger charge is -2.21. The molecule has 2 rings (SSSR count). The minimum Gasteiger partial charge on any atom is -0.364 e. The van der Waals surface area contributed by atoms with E-state index in [1.165, 1.54) is 5.56 Å². The van der Waals surface area contributed by atoms with Crippen LogP contribution in [0.25, 0.3) is 0 Å². The van der Waals surface area contributed by atoms with Gasteiger partial charge in [0.1, 0.15) is 0 Å². The van der Waals surface area contributed by atoms with Crippen molar-refractivity contribution in [2.75, 3.05) is 25.3 Å². The Kier molecular flexibility index (Phi) is 4.06. The quantitative estimate of drug-likeness (QED) is 0.776. The summed E-state index contributed by atoms with van der Waals surface area (Å²) in [6, 6.07) is 11.2. The van der Waals surface area contributed by atoms with Crippen LogP contribution in [0.1, 0.15) is 5.56 Å². The average Bonchev–Trinajstić information content (AvgIpc) is 2.68. The second-order valence-corrected chi connectivity index (χ2v) is 4.75. The van der Waals surface area contributed by atoms with Gasteiger partial charge in [-0.15, -0.1) is 0 Å². The Morgan fingerprint density at radius 3 is 2.93 bits per heavy atom. The smallest absolute Gasteiger partial charge is 0.0997 e. The standard InChI is InChI=1S/C12H17NOS/c1-15-9-12-8-14-10-13(12)7-11-5-3-2-4-6-11/h2-6,12H,7-10H2,1H3/t12-/m0/s1. The molecule has 3 heteroatoms. The van der Waals surface area contributed by atoms with Crippen LogP contribution in [0, 0.1) is 0 Å². The van der Waals surface area contributed by atoms with Crippen LogP contribution in [0.5, 0.6) is 0 Å². The molecular formula is C12H17NOS. The maximum absolute atomic E-state index is 5.51. The van der Waals surface area contributed by atoms with E-state index in [0.29, 0.717) is 6.04 Å². The molecule has 1 saturated heterocycles.